The fraction of sp³-hybridized carbons (Fsp3) is 0.214. The largest absolute Gasteiger partial charge is 0.507 e. The Kier molecular flexibility index (Phi) is 7.33. The minimum absolute atomic E-state index is 0.145. The molecule has 0 radical (unpaired) electrons. The summed E-state index contributed by atoms with van der Waals surface area (Å²) in [6, 6.07) is 13.8. The van der Waals surface area contributed by atoms with Crippen molar-refractivity contribution in [1.82, 2.24) is 0 Å². The van der Waals surface area contributed by atoms with Gasteiger partial charge in [-0.1, -0.05) is 6.07 Å². The van der Waals surface area contributed by atoms with Gasteiger partial charge in [-0.05, 0) is 67.1 Å². The molecule has 1 aliphatic rings. The quantitative estimate of drug-likeness (QED) is 0.264. The second-order valence-electron chi connectivity index (χ2n) is 8.07. The van der Waals surface area contributed by atoms with Crippen molar-refractivity contribution >= 4 is 23.1 Å². The first-order valence-electron chi connectivity index (χ1n) is 11.4. The van der Waals surface area contributed by atoms with Crippen LogP contribution in [0.1, 0.15) is 24.1 Å². The zero-order valence-corrected chi connectivity index (χ0v) is 20.8. The third-order valence-electron chi connectivity index (χ3n) is 5.97. The summed E-state index contributed by atoms with van der Waals surface area (Å²) in [5, 5.41) is 11.3. The second-order valence-corrected chi connectivity index (χ2v) is 8.07. The number of halogens is 1. The van der Waals surface area contributed by atoms with Crippen LogP contribution in [0.4, 0.5) is 10.1 Å². The average Bonchev–Trinajstić information content (AvgIpc) is 3.18. The van der Waals surface area contributed by atoms with E-state index in [0.717, 1.165) is 11.0 Å². The maximum Gasteiger partial charge on any atom is 0.300 e. The predicted octanol–water partition coefficient (Wildman–Crippen LogP) is 4.88. The monoisotopic (exact) mass is 507 g/mol. The molecule has 0 saturated carbocycles. The summed E-state index contributed by atoms with van der Waals surface area (Å²) >= 11 is 0. The van der Waals surface area contributed by atoms with E-state index in [4.69, 9.17) is 18.9 Å². The third kappa shape index (κ3) is 4.67. The van der Waals surface area contributed by atoms with E-state index >= 15 is 0 Å². The van der Waals surface area contributed by atoms with Gasteiger partial charge in [0.2, 0.25) is 5.75 Å². The Morgan fingerprint density at radius 2 is 1.59 bits per heavy atom. The Morgan fingerprint density at radius 1 is 0.946 bits per heavy atom. The number of carbonyl (C=O) groups excluding carboxylic acids is 2. The molecule has 0 spiro atoms. The van der Waals surface area contributed by atoms with E-state index in [1.807, 2.05) is 6.92 Å². The molecule has 0 aliphatic carbocycles. The van der Waals surface area contributed by atoms with Crippen molar-refractivity contribution in [3.63, 3.8) is 0 Å². The van der Waals surface area contributed by atoms with Gasteiger partial charge >= 0.3 is 0 Å². The Bertz CT molecular complexity index is 1340. The van der Waals surface area contributed by atoms with Crippen LogP contribution in [0, 0.1) is 5.82 Å². The molecule has 9 heteroatoms. The van der Waals surface area contributed by atoms with Crippen LogP contribution in [0.5, 0.6) is 23.0 Å². The van der Waals surface area contributed by atoms with E-state index in [1.165, 1.54) is 39.5 Å². The molecule has 3 aromatic rings. The fourth-order valence-corrected chi connectivity index (χ4v) is 4.33. The number of Topliss-reactive ketones (excluding diaryl/α,β-unsaturated/α-hetero) is 1. The van der Waals surface area contributed by atoms with Crippen LogP contribution < -0.4 is 23.8 Å². The maximum atomic E-state index is 14.2. The molecule has 192 valence electrons. The highest BCUT2D eigenvalue weighted by Crippen LogP contribution is 2.47. The van der Waals surface area contributed by atoms with Gasteiger partial charge in [0.1, 0.15) is 17.3 Å². The lowest BCUT2D eigenvalue weighted by Gasteiger charge is -2.26. The Labute approximate surface area is 213 Å². The molecule has 1 saturated heterocycles. The molecule has 0 aromatic heterocycles. The summed E-state index contributed by atoms with van der Waals surface area (Å²) in [6.45, 7) is 2.31. The number of hydrogen-bond donors (Lipinski definition) is 1. The van der Waals surface area contributed by atoms with Crippen molar-refractivity contribution in [3.05, 3.63) is 83.2 Å². The lowest BCUT2D eigenvalue weighted by molar-refractivity contribution is -0.132. The smallest absolute Gasteiger partial charge is 0.300 e. The topological polar surface area (TPSA) is 94.5 Å². The van der Waals surface area contributed by atoms with Gasteiger partial charge in [0.25, 0.3) is 11.7 Å². The standard InChI is InChI=1S/C28H26FNO7/c1-5-37-20-11-9-16(10-12-20)25(31)23-24(17-13-21(34-2)27(36-4)22(14-17)35-3)30(28(33)26(23)32)19-8-6-7-18(29)15-19/h6-15,24,31H,5H2,1-4H3/b25-23+. The Hall–Kier alpha value is -4.53. The number of nitrogens with zero attached hydrogens (tertiary/aromatic N) is 1. The van der Waals surface area contributed by atoms with Gasteiger partial charge in [0.15, 0.2) is 11.5 Å². The summed E-state index contributed by atoms with van der Waals surface area (Å²) in [5.41, 5.74) is 0.655. The van der Waals surface area contributed by atoms with Crippen LogP contribution in [-0.2, 0) is 9.59 Å². The van der Waals surface area contributed by atoms with Crippen LogP contribution in [-0.4, -0.2) is 44.7 Å². The molecule has 1 amide bonds. The number of ketones is 1. The minimum Gasteiger partial charge on any atom is -0.507 e. The number of carbonyl (C=O) groups is 2. The summed E-state index contributed by atoms with van der Waals surface area (Å²) in [4.78, 5) is 27.8. The molecule has 1 atom stereocenters. The zero-order valence-electron chi connectivity index (χ0n) is 20.8. The first-order chi connectivity index (χ1) is 17.8. The Balaban J connectivity index is 1.97. The minimum atomic E-state index is -1.12. The summed E-state index contributed by atoms with van der Waals surface area (Å²) in [7, 11) is 4.32. The highest BCUT2D eigenvalue weighted by molar-refractivity contribution is 6.51. The van der Waals surface area contributed by atoms with Crippen molar-refractivity contribution in [3.8, 4) is 23.0 Å². The number of methoxy groups -OCH3 is 3. The third-order valence-corrected chi connectivity index (χ3v) is 5.97. The number of benzene rings is 3. The normalized spacial score (nSPS) is 16.6. The number of hydrogen-bond acceptors (Lipinski definition) is 7. The van der Waals surface area contributed by atoms with Crippen LogP contribution >= 0.6 is 0 Å². The number of anilines is 1. The number of amides is 1. The molecular weight excluding hydrogens is 481 g/mol. The van der Waals surface area contributed by atoms with Crippen LogP contribution in [0.3, 0.4) is 0 Å². The SMILES string of the molecule is CCOc1ccc(/C(O)=C2\C(=O)C(=O)N(c3cccc(F)c3)C2c2cc(OC)c(OC)c(OC)c2)cc1. The van der Waals surface area contributed by atoms with Gasteiger partial charge in [0.05, 0.1) is 39.6 Å². The molecule has 1 unspecified atom stereocenters. The molecule has 0 bridgehead atoms. The van der Waals surface area contributed by atoms with E-state index in [9.17, 15) is 19.1 Å². The fourth-order valence-electron chi connectivity index (χ4n) is 4.33. The molecule has 4 rings (SSSR count). The van der Waals surface area contributed by atoms with Crippen molar-refractivity contribution in [1.29, 1.82) is 0 Å². The maximum absolute atomic E-state index is 14.2. The van der Waals surface area contributed by atoms with Gasteiger partial charge < -0.3 is 24.1 Å². The first-order valence-corrected chi connectivity index (χ1v) is 11.4. The van der Waals surface area contributed by atoms with E-state index in [-0.39, 0.29) is 28.5 Å². The summed E-state index contributed by atoms with van der Waals surface area (Å²) in [5.74, 6) is -1.37. The summed E-state index contributed by atoms with van der Waals surface area (Å²) < 4.78 is 36.0. The van der Waals surface area contributed by atoms with Crippen LogP contribution in [0.25, 0.3) is 5.76 Å². The molecule has 37 heavy (non-hydrogen) atoms. The van der Waals surface area contributed by atoms with Gasteiger partial charge in [-0.25, -0.2) is 4.39 Å². The van der Waals surface area contributed by atoms with Crippen molar-refractivity contribution in [2.45, 2.75) is 13.0 Å². The molecule has 3 aromatic carbocycles. The van der Waals surface area contributed by atoms with Gasteiger partial charge in [0, 0.05) is 11.3 Å². The second kappa shape index (κ2) is 10.6. The van der Waals surface area contributed by atoms with E-state index in [0.29, 0.717) is 29.2 Å². The van der Waals surface area contributed by atoms with Gasteiger partial charge in [-0.3, -0.25) is 14.5 Å². The zero-order chi connectivity index (χ0) is 26.7. The number of rotatable bonds is 8. The van der Waals surface area contributed by atoms with Gasteiger partial charge in [-0.15, -0.1) is 0 Å². The highest BCUT2D eigenvalue weighted by Gasteiger charge is 2.47. The number of ether oxygens (including phenoxy) is 4. The highest BCUT2D eigenvalue weighted by atomic mass is 19.1. The van der Waals surface area contributed by atoms with Crippen LogP contribution in [0.15, 0.2) is 66.2 Å². The van der Waals surface area contributed by atoms with Crippen molar-refractivity contribution in [2.75, 3.05) is 32.8 Å². The number of aliphatic hydroxyl groups excluding tert-OH is 1. The van der Waals surface area contributed by atoms with Gasteiger partial charge in [-0.2, -0.15) is 0 Å². The first kappa shape index (κ1) is 25.6. The predicted molar refractivity (Wildman–Crippen MR) is 135 cm³/mol. The van der Waals surface area contributed by atoms with Crippen LogP contribution in [0.2, 0.25) is 0 Å². The molecule has 1 aliphatic heterocycles. The van der Waals surface area contributed by atoms with E-state index in [1.54, 1.807) is 36.4 Å². The van der Waals surface area contributed by atoms with Crippen molar-refractivity contribution in [2.24, 2.45) is 0 Å². The van der Waals surface area contributed by atoms with E-state index in [2.05, 4.69) is 0 Å². The molecule has 1 N–H and O–H groups in total. The Morgan fingerprint density at radius 3 is 2.14 bits per heavy atom. The lowest BCUT2D eigenvalue weighted by Crippen LogP contribution is -2.29. The average molecular weight is 508 g/mol. The van der Waals surface area contributed by atoms with E-state index < -0.39 is 23.5 Å². The molecule has 1 heterocycles. The molecular formula is C28H26FNO7. The van der Waals surface area contributed by atoms with Crippen molar-refractivity contribution < 1.29 is 38.0 Å². The summed E-state index contributed by atoms with van der Waals surface area (Å²) in [6.07, 6.45) is 0. The molecule has 1 fully saturated rings. The lowest BCUT2D eigenvalue weighted by atomic mass is 9.94. The number of aliphatic hydroxyl groups is 1. The molecule has 8 nitrogen and oxygen atoms in total.